The standard InChI is InChI=1S/C21H26FN5O/c1-3-27(4-2)12-8-7-11-19(28)24-21-17-13-15(14-23-20(17)25-26-21)16-9-5-6-10-18(16)22/h5-6,9-10,13-14H,3-4,7-8,11-12H2,1-2H3,(H2,23,24,25,26,28). The SMILES string of the molecule is CCN(CC)CCCCC(=O)Nc1[nH]nc2ncc(-c3ccccc3F)cc12. The summed E-state index contributed by atoms with van der Waals surface area (Å²) >= 11 is 0. The lowest BCUT2D eigenvalue weighted by Crippen LogP contribution is -2.24. The molecule has 3 aromatic rings. The van der Waals surface area contributed by atoms with Gasteiger partial charge >= 0.3 is 0 Å². The van der Waals surface area contributed by atoms with E-state index in [1.165, 1.54) is 6.07 Å². The van der Waals surface area contributed by atoms with Crippen LogP contribution < -0.4 is 5.32 Å². The molecular weight excluding hydrogens is 357 g/mol. The monoisotopic (exact) mass is 383 g/mol. The molecule has 0 bridgehead atoms. The summed E-state index contributed by atoms with van der Waals surface area (Å²) in [5, 5.41) is 10.5. The zero-order valence-corrected chi connectivity index (χ0v) is 16.3. The number of carbonyl (C=O) groups is 1. The lowest BCUT2D eigenvalue weighted by Gasteiger charge is -2.17. The van der Waals surface area contributed by atoms with Crippen LogP contribution in [0.15, 0.2) is 36.5 Å². The van der Waals surface area contributed by atoms with Gasteiger partial charge < -0.3 is 10.2 Å². The quantitative estimate of drug-likeness (QED) is 0.543. The Balaban J connectivity index is 1.66. The summed E-state index contributed by atoms with van der Waals surface area (Å²) in [5.41, 5.74) is 1.59. The predicted molar refractivity (Wildman–Crippen MR) is 110 cm³/mol. The van der Waals surface area contributed by atoms with E-state index in [1.807, 2.05) is 0 Å². The van der Waals surface area contributed by atoms with Gasteiger partial charge in [0.05, 0.1) is 5.39 Å². The third-order valence-corrected chi connectivity index (χ3v) is 4.88. The Morgan fingerprint density at radius 1 is 1.21 bits per heavy atom. The van der Waals surface area contributed by atoms with Crippen LogP contribution in [0.25, 0.3) is 22.2 Å². The highest BCUT2D eigenvalue weighted by Gasteiger charge is 2.13. The van der Waals surface area contributed by atoms with E-state index in [9.17, 15) is 9.18 Å². The number of halogens is 1. The summed E-state index contributed by atoms with van der Waals surface area (Å²) in [5.74, 6) is 0.113. The minimum Gasteiger partial charge on any atom is -0.311 e. The van der Waals surface area contributed by atoms with Gasteiger partial charge in [-0.05, 0) is 44.6 Å². The van der Waals surface area contributed by atoms with Crippen LogP contribution in [-0.2, 0) is 4.79 Å². The van der Waals surface area contributed by atoms with Gasteiger partial charge in [0.1, 0.15) is 11.6 Å². The number of amides is 1. The van der Waals surface area contributed by atoms with E-state index in [0.717, 1.165) is 32.5 Å². The molecular formula is C21H26FN5O. The van der Waals surface area contributed by atoms with Crippen molar-refractivity contribution >= 4 is 22.8 Å². The van der Waals surface area contributed by atoms with E-state index in [2.05, 4.69) is 39.2 Å². The van der Waals surface area contributed by atoms with Gasteiger partial charge in [0.15, 0.2) is 5.65 Å². The Hall–Kier alpha value is -2.80. The Kier molecular flexibility index (Phi) is 6.71. The fraction of sp³-hybridized carbons (Fsp3) is 0.381. The van der Waals surface area contributed by atoms with Crippen LogP contribution in [0.3, 0.4) is 0 Å². The molecule has 148 valence electrons. The maximum atomic E-state index is 14.1. The number of aromatic nitrogens is 3. The number of nitrogens with zero attached hydrogens (tertiary/aromatic N) is 3. The molecule has 0 fully saturated rings. The van der Waals surface area contributed by atoms with Crippen molar-refractivity contribution in [1.29, 1.82) is 0 Å². The number of hydrogen-bond donors (Lipinski definition) is 2. The maximum absolute atomic E-state index is 14.1. The van der Waals surface area contributed by atoms with Gasteiger partial charge in [-0.15, -0.1) is 0 Å². The summed E-state index contributed by atoms with van der Waals surface area (Å²) < 4.78 is 14.1. The zero-order valence-electron chi connectivity index (χ0n) is 16.3. The van der Waals surface area contributed by atoms with Gasteiger partial charge in [0.25, 0.3) is 0 Å². The van der Waals surface area contributed by atoms with Crippen LogP contribution in [0.1, 0.15) is 33.1 Å². The Labute approximate surface area is 164 Å². The highest BCUT2D eigenvalue weighted by atomic mass is 19.1. The van der Waals surface area contributed by atoms with Gasteiger partial charge in [-0.1, -0.05) is 32.0 Å². The van der Waals surface area contributed by atoms with Crippen LogP contribution in [0, 0.1) is 5.82 Å². The molecule has 7 heteroatoms. The third kappa shape index (κ3) is 4.72. The van der Waals surface area contributed by atoms with Crippen molar-refractivity contribution < 1.29 is 9.18 Å². The van der Waals surface area contributed by atoms with E-state index in [1.54, 1.807) is 30.5 Å². The molecule has 28 heavy (non-hydrogen) atoms. The topological polar surface area (TPSA) is 73.9 Å². The van der Waals surface area contributed by atoms with Crippen molar-refractivity contribution in [2.75, 3.05) is 25.0 Å². The summed E-state index contributed by atoms with van der Waals surface area (Å²) in [4.78, 5) is 18.9. The Bertz CT molecular complexity index is 935. The molecule has 0 aliphatic carbocycles. The number of hydrogen-bond acceptors (Lipinski definition) is 4. The molecule has 0 unspecified atom stereocenters. The fourth-order valence-corrected chi connectivity index (χ4v) is 3.20. The molecule has 0 spiro atoms. The fourth-order valence-electron chi connectivity index (χ4n) is 3.20. The number of anilines is 1. The van der Waals surface area contributed by atoms with Crippen molar-refractivity contribution in [3.63, 3.8) is 0 Å². The molecule has 2 aromatic heterocycles. The summed E-state index contributed by atoms with van der Waals surface area (Å²) in [6.07, 6.45) is 3.84. The average Bonchev–Trinajstić information content (AvgIpc) is 3.10. The van der Waals surface area contributed by atoms with Crippen molar-refractivity contribution in [1.82, 2.24) is 20.1 Å². The minimum absolute atomic E-state index is 0.0682. The number of H-pyrrole nitrogens is 1. The van der Waals surface area contributed by atoms with E-state index in [4.69, 9.17) is 0 Å². The second-order valence-electron chi connectivity index (χ2n) is 6.71. The molecule has 1 amide bonds. The molecule has 0 aliphatic rings. The van der Waals surface area contributed by atoms with Crippen molar-refractivity contribution in [3.8, 4) is 11.1 Å². The van der Waals surface area contributed by atoms with E-state index in [-0.39, 0.29) is 11.7 Å². The van der Waals surface area contributed by atoms with E-state index in [0.29, 0.717) is 34.4 Å². The number of rotatable bonds is 9. The average molecular weight is 383 g/mol. The van der Waals surface area contributed by atoms with Gasteiger partial charge in [-0.2, -0.15) is 5.10 Å². The highest BCUT2D eigenvalue weighted by Crippen LogP contribution is 2.27. The molecule has 3 rings (SSSR count). The van der Waals surface area contributed by atoms with Crippen LogP contribution in [0.5, 0.6) is 0 Å². The Morgan fingerprint density at radius 2 is 2.00 bits per heavy atom. The molecule has 0 saturated heterocycles. The zero-order chi connectivity index (χ0) is 19.9. The van der Waals surface area contributed by atoms with Crippen molar-refractivity contribution in [2.45, 2.75) is 33.1 Å². The van der Waals surface area contributed by atoms with Gasteiger partial charge in [-0.3, -0.25) is 9.89 Å². The van der Waals surface area contributed by atoms with Crippen molar-refractivity contribution in [3.05, 3.63) is 42.3 Å². The molecule has 0 aliphatic heterocycles. The number of fused-ring (bicyclic) bond motifs is 1. The first-order valence-electron chi connectivity index (χ1n) is 9.73. The number of aromatic amines is 1. The number of pyridine rings is 1. The summed E-state index contributed by atoms with van der Waals surface area (Å²) in [7, 11) is 0. The number of benzene rings is 1. The van der Waals surface area contributed by atoms with E-state index < -0.39 is 0 Å². The maximum Gasteiger partial charge on any atom is 0.225 e. The van der Waals surface area contributed by atoms with E-state index >= 15 is 0 Å². The number of unbranched alkanes of at least 4 members (excludes halogenated alkanes) is 1. The normalized spacial score (nSPS) is 11.3. The number of nitrogens with one attached hydrogen (secondary N) is 2. The van der Waals surface area contributed by atoms with Crippen LogP contribution in [-0.4, -0.2) is 45.6 Å². The van der Waals surface area contributed by atoms with Crippen LogP contribution in [0.2, 0.25) is 0 Å². The first-order chi connectivity index (χ1) is 13.6. The minimum atomic E-state index is -0.314. The molecule has 0 radical (unpaired) electrons. The summed E-state index contributed by atoms with van der Waals surface area (Å²) in [6.45, 7) is 7.34. The van der Waals surface area contributed by atoms with Crippen molar-refractivity contribution in [2.24, 2.45) is 0 Å². The number of carbonyl (C=O) groups excluding carboxylic acids is 1. The lowest BCUT2D eigenvalue weighted by atomic mass is 10.1. The highest BCUT2D eigenvalue weighted by molar-refractivity contribution is 5.99. The van der Waals surface area contributed by atoms with Crippen LogP contribution in [0.4, 0.5) is 10.2 Å². The molecule has 1 aromatic carbocycles. The van der Waals surface area contributed by atoms with Crippen LogP contribution >= 0.6 is 0 Å². The molecule has 6 nitrogen and oxygen atoms in total. The Morgan fingerprint density at radius 3 is 2.75 bits per heavy atom. The second kappa shape index (κ2) is 9.41. The second-order valence-corrected chi connectivity index (χ2v) is 6.71. The predicted octanol–water partition coefficient (Wildman–Crippen LogP) is 4.21. The molecule has 2 N–H and O–H groups in total. The largest absolute Gasteiger partial charge is 0.311 e. The van der Waals surface area contributed by atoms with Gasteiger partial charge in [0, 0.05) is 23.7 Å². The molecule has 2 heterocycles. The smallest absolute Gasteiger partial charge is 0.225 e. The first-order valence-corrected chi connectivity index (χ1v) is 9.73. The lowest BCUT2D eigenvalue weighted by molar-refractivity contribution is -0.116. The third-order valence-electron chi connectivity index (χ3n) is 4.88. The first kappa shape index (κ1) is 19.9. The molecule has 0 saturated carbocycles. The van der Waals surface area contributed by atoms with Gasteiger partial charge in [0.2, 0.25) is 5.91 Å². The van der Waals surface area contributed by atoms with Gasteiger partial charge in [-0.25, -0.2) is 9.37 Å². The molecule has 0 atom stereocenters. The summed E-state index contributed by atoms with van der Waals surface area (Å²) in [6, 6.07) is 8.33.